The smallest absolute Gasteiger partial charge is 0.323 e. The summed E-state index contributed by atoms with van der Waals surface area (Å²) in [7, 11) is 0. The van der Waals surface area contributed by atoms with Crippen molar-refractivity contribution in [1.29, 1.82) is 0 Å². The first-order chi connectivity index (χ1) is 7.90. The summed E-state index contributed by atoms with van der Waals surface area (Å²) < 4.78 is 5.26. The molecule has 96 valence electrons. The van der Waals surface area contributed by atoms with E-state index in [2.05, 4.69) is 20.3 Å². The van der Waals surface area contributed by atoms with Gasteiger partial charge in [0.15, 0.2) is 0 Å². The topological polar surface area (TPSA) is 106 Å². The molecule has 0 aromatic carbocycles. The van der Waals surface area contributed by atoms with Crippen molar-refractivity contribution in [1.82, 2.24) is 15.0 Å². The van der Waals surface area contributed by atoms with Crippen LogP contribution >= 0.6 is 0 Å². The highest BCUT2D eigenvalue weighted by molar-refractivity contribution is 5.32. The van der Waals surface area contributed by atoms with Crippen molar-refractivity contribution in [2.24, 2.45) is 0 Å². The van der Waals surface area contributed by atoms with E-state index < -0.39 is 5.60 Å². The molecule has 0 fully saturated rings. The number of hydrogen-bond donors (Lipinski definition) is 3. The van der Waals surface area contributed by atoms with Crippen LogP contribution in [0.3, 0.4) is 0 Å². The molecule has 0 aliphatic carbocycles. The number of nitrogen functional groups attached to an aromatic ring is 1. The molecule has 0 saturated carbocycles. The van der Waals surface area contributed by atoms with E-state index in [0.29, 0.717) is 19.1 Å². The molecule has 1 heterocycles. The van der Waals surface area contributed by atoms with Gasteiger partial charge in [-0.2, -0.15) is 15.0 Å². The van der Waals surface area contributed by atoms with Crippen LogP contribution in [0.2, 0.25) is 0 Å². The van der Waals surface area contributed by atoms with Crippen LogP contribution in [0, 0.1) is 0 Å². The van der Waals surface area contributed by atoms with E-state index in [4.69, 9.17) is 10.5 Å². The van der Waals surface area contributed by atoms with Crippen LogP contribution in [0.1, 0.15) is 27.2 Å². The molecule has 0 bridgehead atoms. The number of nitrogens with one attached hydrogen (secondary N) is 1. The molecule has 1 aromatic rings. The zero-order valence-corrected chi connectivity index (χ0v) is 10.4. The summed E-state index contributed by atoms with van der Waals surface area (Å²) in [4.78, 5) is 11.8. The number of aromatic nitrogens is 3. The summed E-state index contributed by atoms with van der Waals surface area (Å²) in [6, 6.07) is 0.192. The van der Waals surface area contributed by atoms with Crippen molar-refractivity contribution in [2.45, 2.75) is 32.8 Å². The van der Waals surface area contributed by atoms with E-state index >= 15 is 0 Å². The third kappa shape index (κ3) is 5.30. The van der Waals surface area contributed by atoms with Crippen molar-refractivity contribution in [3.8, 4) is 6.01 Å². The Morgan fingerprint density at radius 1 is 1.35 bits per heavy atom. The average molecular weight is 241 g/mol. The van der Waals surface area contributed by atoms with Crippen molar-refractivity contribution < 1.29 is 9.84 Å². The molecule has 1 rings (SSSR count). The van der Waals surface area contributed by atoms with Gasteiger partial charge in [0.1, 0.15) is 0 Å². The molecule has 4 N–H and O–H groups in total. The zero-order chi connectivity index (χ0) is 12.9. The molecule has 0 atom stereocenters. The van der Waals surface area contributed by atoms with Crippen LogP contribution < -0.4 is 15.8 Å². The molecule has 0 saturated heterocycles. The lowest BCUT2D eigenvalue weighted by molar-refractivity contribution is 0.0943. The highest BCUT2D eigenvalue weighted by atomic mass is 16.5. The molecular formula is C10H19N5O2. The van der Waals surface area contributed by atoms with Crippen LogP contribution in [-0.2, 0) is 0 Å². The summed E-state index contributed by atoms with van der Waals surface area (Å²) in [5, 5.41) is 12.4. The standard InChI is InChI=1S/C10H19N5O2/c1-4-5-17-9-14-7(11)13-8(15-9)12-6-10(2,3)16/h16H,4-6H2,1-3H3,(H3,11,12,13,14,15). The van der Waals surface area contributed by atoms with Crippen LogP contribution in [-0.4, -0.2) is 38.8 Å². The maximum atomic E-state index is 9.56. The van der Waals surface area contributed by atoms with Crippen LogP contribution in [0.25, 0.3) is 0 Å². The molecular weight excluding hydrogens is 222 g/mol. The number of rotatable bonds is 6. The van der Waals surface area contributed by atoms with Crippen LogP contribution in [0.15, 0.2) is 0 Å². The summed E-state index contributed by atoms with van der Waals surface area (Å²) in [6.45, 7) is 6.17. The minimum Gasteiger partial charge on any atom is -0.463 e. The third-order valence-corrected chi connectivity index (χ3v) is 1.75. The Kier molecular flexibility index (Phi) is 4.45. The Bertz CT molecular complexity index is 364. The monoisotopic (exact) mass is 241 g/mol. The Labute approximate surface area is 100 Å². The number of anilines is 2. The molecule has 0 aliphatic heterocycles. The Hall–Kier alpha value is -1.63. The van der Waals surface area contributed by atoms with Gasteiger partial charge in [0, 0.05) is 6.54 Å². The minimum atomic E-state index is -0.855. The molecule has 0 radical (unpaired) electrons. The first kappa shape index (κ1) is 13.4. The van der Waals surface area contributed by atoms with E-state index in [1.54, 1.807) is 13.8 Å². The number of hydrogen-bond acceptors (Lipinski definition) is 7. The largest absolute Gasteiger partial charge is 0.463 e. The van der Waals surface area contributed by atoms with Crippen molar-refractivity contribution in [2.75, 3.05) is 24.2 Å². The minimum absolute atomic E-state index is 0.0874. The lowest BCUT2D eigenvalue weighted by Gasteiger charge is -2.17. The Balaban J connectivity index is 2.68. The summed E-state index contributed by atoms with van der Waals surface area (Å²) in [6.07, 6.45) is 0.859. The highest BCUT2D eigenvalue weighted by Crippen LogP contribution is 2.10. The van der Waals surface area contributed by atoms with E-state index in [1.165, 1.54) is 0 Å². The maximum absolute atomic E-state index is 9.56. The summed E-state index contributed by atoms with van der Waals surface area (Å²) >= 11 is 0. The fraction of sp³-hybridized carbons (Fsp3) is 0.700. The Morgan fingerprint density at radius 3 is 2.65 bits per heavy atom. The quantitative estimate of drug-likeness (QED) is 0.662. The van der Waals surface area contributed by atoms with Gasteiger partial charge in [-0.05, 0) is 20.3 Å². The molecule has 0 aliphatic rings. The van der Waals surface area contributed by atoms with Gasteiger partial charge in [-0.25, -0.2) is 0 Å². The average Bonchev–Trinajstić information content (AvgIpc) is 2.22. The van der Waals surface area contributed by atoms with Crippen molar-refractivity contribution >= 4 is 11.9 Å². The van der Waals surface area contributed by atoms with Crippen molar-refractivity contribution in [3.05, 3.63) is 0 Å². The summed E-state index contributed by atoms with van der Waals surface area (Å²) in [5.41, 5.74) is 4.67. The van der Waals surface area contributed by atoms with Gasteiger partial charge >= 0.3 is 6.01 Å². The third-order valence-electron chi connectivity index (χ3n) is 1.75. The van der Waals surface area contributed by atoms with E-state index in [-0.39, 0.29) is 12.0 Å². The molecule has 7 nitrogen and oxygen atoms in total. The first-order valence-electron chi connectivity index (χ1n) is 5.51. The van der Waals surface area contributed by atoms with E-state index in [1.807, 2.05) is 6.92 Å². The molecule has 1 aromatic heterocycles. The fourth-order valence-electron chi connectivity index (χ4n) is 1.00. The molecule has 0 amide bonds. The molecule has 17 heavy (non-hydrogen) atoms. The van der Waals surface area contributed by atoms with Gasteiger partial charge in [0.25, 0.3) is 0 Å². The maximum Gasteiger partial charge on any atom is 0.323 e. The van der Waals surface area contributed by atoms with Gasteiger partial charge in [-0.3, -0.25) is 0 Å². The fourth-order valence-corrected chi connectivity index (χ4v) is 1.00. The predicted octanol–water partition coefficient (Wildman–Crippen LogP) is 0.425. The number of nitrogens with zero attached hydrogens (tertiary/aromatic N) is 3. The molecule has 0 spiro atoms. The van der Waals surface area contributed by atoms with Crippen LogP contribution in [0.4, 0.5) is 11.9 Å². The molecule has 0 unspecified atom stereocenters. The number of ether oxygens (including phenoxy) is 1. The number of aliphatic hydroxyl groups is 1. The second-order valence-electron chi connectivity index (χ2n) is 4.31. The lowest BCUT2D eigenvalue weighted by Crippen LogP contribution is -2.30. The van der Waals surface area contributed by atoms with Crippen molar-refractivity contribution in [3.63, 3.8) is 0 Å². The number of nitrogens with two attached hydrogens (primary N) is 1. The SMILES string of the molecule is CCCOc1nc(N)nc(NCC(C)(C)O)n1. The second kappa shape index (κ2) is 5.62. The van der Waals surface area contributed by atoms with Gasteiger partial charge in [0.05, 0.1) is 12.2 Å². The molecule has 7 heteroatoms. The predicted molar refractivity (Wildman–Crippen MR) is 64.8 cm³/mol. The van der Waals surface area contributed by atoms with Gasteiger partial charge in [-0.15, -0.1) is 0 Å². The van der Waals surface area contributed by atoms with E-state index in [0.717, 1.165) is 6.42 Å². The highest BCUT2D eigenvalue weighted by Gasteiger charge is 2.13. The normalized spacial score (nSPS) is 11.3. The van der Waals surface area contributed by atoms with Gasteiger partial charge < -0.3 is 20.9 Å². The Morgan fingerprint density at radius 2 is 2.06 bits per heavy atom. The first-order valence-corrected chi connectivity index (χ1v) is 5.51. The van der Waals surface area contributed by atoms with Crippen LogP contribution in [0.5, 0.6) is 6.01 Å². The lowest BCUT2D eigenvalue weighted by atomic mass is 10.1. The summed E-state index contributed by atoms with van der Waals surface area (Å²) in [5.74, 6) is 0.384. The van der Waals surface area contributed by atoms with Gasteiger partial charge in [-0.1, -0.05) is 6.92 Å². The second-order valence-corrected chi connectivity index (χ2v) is 4.31. The van der Waals surface area contributed by atoms with E-state index in [9.17, 15) is 5.11 Å². The zero-order valence-electron chi connectivity index (χ0n) is 10.4. The van der Waals surface area contributed by atoms with Gasteiger partial charge in [0.2, 0.25) is 11.9 Å².